The predicted octanol–water partition coefficient (Wildman–Crippen LogP) is 2.67. The molecule has 0 spiro atoms. The van der Waals surface area contributed by atoms with Gasteiger partial charge >= 0.3 is 0 Å². The summed E-state index contributed by atoms with van der Waals surface area (Å²) in [5.74, 6) is 0.0995. The lowest BCUT2D eigenvalue weighted by molar-refractivity contribution is -0.121. The molecular weight excluding hydrogens is 328 g/mol. The van der Waals surface area contributed by atoms with Crippen molar-refractivity contribution in [1.82, 2.24) is 10.6 Å². The van der Waals surface area contributed by atoms with Gasteiger partial charge in [0, 0.05) is 16.6 Å². The number of amides is 1. The van der Waals surface area contributed by atoms with E-state index in [2.05, 4.69) is 33.5 Å². The van der Waals surface area contributed by atoms with E-state index in [1.807, 2.05) is 24.3 Å². The first-order chi connectivity index (χ1) is 8.66. The molecule has 2 atom stereocenters. The Balaban J connectivity index is 0.00000180. The molecule has 0 aliphatic carbocycles. The van der Waals surface area contributed by atoms with Crippen LogP contribution in [0.1, 0.15) is 25.3 Å². The second kappa shape index (κ2) is 7.88. The van der Waals surface area contributed by atoms with Crippen LogP contribution in [0.3, 0.4) is 0 Å². The van der Waals surface area contributed by atoms with Crippen LogP contribution in [0, 0.1) is 0 Å². The van der Waals surface area contributed by atoms with Crippen LogP contribution in [-0.4, -0.2) is 24.5 Å². The molecule has 2 unspecified atom stereocenters. The fraction of sp³-hybridized carbons (Fsp3) is 0.500. The van der Waals surface area contributed by atoms with Gasteiger partial charge in [-0.15, -0.1) is 12.4 Å². The number of carbonyl (C=O) groups is 1. The molecule has 2 N–H and O–H groups in total. The molecule has 1 aliphatic heterocycles. The highest BCUT2D eigenvalue weighted by molar-refractivity contribution is 9.10. The van der Waals surface area contributed by atoms with E-state index in [4.69, 9.17) is 0 Å². The molecule has 2 rings (SSSR count). The lowest BCUT2D eigenvalue weighted by Gasteiger charge is -2.30. The maximum absolute atomic E-state index is 12.0. The molecule has 1 amide bonds. The van der Waals surface area contributed by atoms with E-state index in [1.54, 1.807) is 0 Å². The fourth-order valence-electron chi connectivity index (χ4n) is 2.31. The molecule has 0 aromatic heterocycles. The molecule has 3 nitrogen and oxygen atoms in total. The van der Waals surface area contributed by atoms with Crippen molar-refractivity contribution in [3.8, 4) is 0 Å². The van der Waals surface area contributed by atoms with E-state index in [-0.39, 0.29) is 24.4 Å². The molecule has 5 heteroatoms. The zero-order valence-corrected chi connectivity index (χ0v) is 13.4. The van der Waals surface area contributed by atoms with Crippen molar-refractivity contribution in [3.63, 3.8) is 0 Å². The predicted molar refractivity (Wildman–Crippen MR) is 83.7 cm³/mol. The van der Waals surface area contributed by atoms with Crippen LogP contribution in [0.15, 0.2) is 28.7 Å². The summed E-state index contributed by atoms with van der Waals surface area (Å²) in [6, 6.07) is 8.48. The first-order valence-electron chi connectivity index (χ1n) is 6.43. The van der Waals surface area contributed by atoms with Gasteiger partial charge in [-0.05, 0) is 37.9 Å². The van der Waals surface area contributed by atoms with Gasteiger partial charge in [-0.3, -0.25) is 4.79 Å². The zero-order chi connectivity index (χ0) is 13.0. The molecule has 1 fully saturated rings. The van der Waals surface area contributed by atoms with Gasteiger partial charge in [0.05, 0.1) is 6.42 Å². The SMILES string of the molecule is CC1NCCCC1NC(=O)Cc1ccccc1Br.Cl. The number of rotatable bonds is 3. The average Bonchev–Trinajstić information content (AvgIpc) is 2.35. The van der Waals surface area contributed by atoms with Crippen LogP contribution >= 0.6 is 28.3 Å². The lowest BCUT2D eigenvalue weighted by atomic mass is 9.99. The molecule has 0 bridgehead atoms. The van der Waals surface area contributed by atoms with E-state index in [0.717, 1.165) is 29.4 Å². The molecule has 19 heavy (non-hydrogen) atoms. The third kappa shape index (κ3) is 4.79. The van der Waals surface area contributed by atoms with Crippen LogP contribution in [-0.2, 0) is 11.2 Å². The second-order valence-electron chi connectivity index (χ2n) is 4.83. The molecular formula is C14H20BrClN2O. The number of hydrogen-bond acceptors (Lipinski definition) is 2. The van der Waals surface area contributed by atoms with Crippen molar-refractivity contribution in [2.75, 3.05) is 6.54 Å². The fourth-order valence-corrected chi connectivity index (χ4v) is 2.74. The number of hydrogen-bond donors (Lipinski definition) is 2. The van der Waals surface area contributed by atoms with Crippen molar-refractivity contribution in [2.24, 2.45) is 0 Å². The van der Waals surface area contributed by atoms with Gasteiger partial charge in [0.25, 0.3) is 0 Å². The smallest absolute Gasteiger partial charge is 0.224 e. The van der Waals surface area contributed by atoms with Crippen LogP contribution < -0.4 is 10.6 Å². The molecule has 0 radical (unpaired) electrons. The molecule has 0 saturated carbocycles. The minimum atomic E-state index is 0. The third-order valence-corrected chi connectivity index (χ3v) is 4.19. The first kappa shape index (κ1) is 16.5. The Bertz CT molecular complexity index is 428. The minimum absolute atomic E-state index is 0. The van der Waals surface area contributed by atoms with Gasteiger partial charge in [-0.1, -0.05) is 34.1 Å². The minimum Gasteiger partial charge on any atom is -0.352 e. The standard InChI is InChI=1S/C14H19BrN2O.ClH/c1-10-13(7-4-8-16-10)17-14(18)9-11-5-2-3-6-12(11)15;/h2-3,5-6,10,13,16H,4,7-9H2,1H3,(H,17,18);1H. The summed E-state index contributed by atoms with van der Waals surface area (Å²) in [6.45, 7) is 3.18. The van der Waals surface area contributed by atoms with Crippen LogP contribution in [0.5, 0.6) is 0 Å². The summed E-state index contributed by atoms with van der Waals surface area (Å²) in [4.78, 5) is 12.0. The molecule has 106 valence electrons. The van der Waals surface area contributed by atoms with Crippen LogP contribution in [0.2, 0.25) is 0 Å². The Kier molecular flexibility index (Phi) is 6.83. The van der Waals surface area contributed by atoms with Gasteiger partial charge in [-0.25, -0.2) is 0 Å². The highest BCUT2D eigenvalue weighted by Gasteiger charge is 2.22. The highest BCUT2D eigenvalue weighted by Crippen LogP contribution is 2.16. The zero-order valence-electron chi connectivity index (χ0n) is 11.0. The summed E-state index contributed by atoms with van der Waals surface area (Å²) in [7, 11) is 0. The summed E-state index contributed by atoms with van der Waals surface area (Å²) in [6.07, 6.45) is 2.63. The second-order valence-corrected chi connectivity index (χ2v) is 5.68. The number of carbonyl (C=O) groups excluding carboxylic acids is 1. The van der Waals surface area contributed by atoms with E-state index < -0.39 is 0 Å². The van der Waals surface area contributed by atoms with E-state index >= 15 is 0 Å². The third-order valence-electron chi connectivity index (χ3n) is 3.42. The van der Waals surface area contributed by atoms with Crippen molar-refractivity contribution in [3.05, 3.63) is 34.3 Å². The quantitative estimate of drug-likeness (QED) is 0.882. The van der Waals surface area contributed by atoms with Gasteiger partial charge in [0.1, 0.15) is 0 Å². The number of piperidine rings is 1. The first-order valence-corrected chi connectivity index (χ1v) is 7.22. The number of benzene rings is 1. The topological polar surface area (TPSA) is 41.1 Å². The molecule has 1 aromatic rings. The largest absolute Gasteiger partial charge is 0.352 e. The van der Waals surface area contributed by atoms with Crippen molar-refractivity contribution in [2.45, 2.75) is 38.3 Å². The lowest BCUT2D eigenvalue weighted by Crippen LogP contribution is -2.52. The van der Waals surface area contributed by atoms with E-state index in [9.17, 15) is 4.79 Å². The molecule has 1 saturated heterocycles. The van der Waals surface area contributed by atoms with Gasteiger partial charge in [0.2, 0.25) is 5.91 Å². The summed E-state index contributed by atoms with van der Waals surface area (Å²) < 4.78 is 0.995. The Hall–Kier alpha value is -0.580. The van der Waals surface area contributed by atoms with Gasteiger partial charge in [0.15, 0.2) is 0 Å². The maximum atomic E-state index is 12.0. The Morgan fingerprint density at radius 2 is 2.21 bits per heavy atom. The molecule has 1 heterocycles. The van der Waals surface area contributed by atoms with Crippen LogP contribution in [0.4, 0.5) is 0 Å². The van der Waals surface area contributed by atoms with Crippen LogP contribution in [0.25, 0.3) is 0 Å². The Morgan fingerprint density at radius 1 is 1.47 bits per heavy atom. The summed E-state index contributed by atoms with van der Waals surface area (Å²) in [5.41, 5.74) is 1.03. The Labute approximate surface area is 129 Å². The highest BCUT2D eigenvalue weighted by atomic mass is 79.9. The number of nitrogens with one attached hydrogen (secondary N) is 2. The van der Waals surface area contributed by atoms with E-state index in [0.29, 0.717) is 12.5 Å². The van der Waals surface area contributed by atoms with Crippen molar-refractivity contribution in [1.29, 1.82) is 0 Å². The Morgan fingerprint density at radius 3 is 2.89 bits per heavy atom. The van der Waals surface area contributed by atoms with E-state index in [1.165, 1.54) is 0 Å². The normalized spacial score (nSPS) is 22.4. The monoisotopic (exact) mass is 346 g/mol. The van der Waals surface area contributed by atoms with Crippen molar-refractivity contribution < 1.29 is 4.79 Å². The summed E-state index contributed by atoms with van der Waals surface area (Å²) in [5, 5.41) is 6.51. The molecule has 1 aromatic carbocycles. The molecule has 1 aliphatic rings. The average molecular weight is 348 g/mol. The van der Waals surface area contributed by atoms with Crippen molar-refractivity contribution >= 4 is 34.2 Å². The van der Waals surface area contributed by atoms with Gasteiger partial charge in [-0.2, -0.15) is 0 Å². The summed E-state index contributed by atoms with van der Waals surface area (Å²) >= 11 is 3.47. The number of halogens is 2. The maximum Gasteiger partial charge on any atom is 0.224 e. The van der Waals surface area contributed by atoms with Gasteiger partial charge < -0.3 is 10.6 Å².